The van der Waals surface area contributed by atoms with Crippen molar-refractivity contribution in [2.75, 3.05) is 30.8 Å². The van der Waals surface area contributed by atoms with Gasteiger partial charge >= 0.3 is 6.18 Å². The summed E-state index contributed by atoms with van der Waals surface area (Å²) in [6.45, 7) is 0.699. The molecule has 0 fully saturated rings. The normalized spacial score (nSPS) is 11.6. The van der Waals surface area contributed by atoms with Crippen LogP contribution in [0, 0.1) is 0 Å². The molecule has 0 atom stereocenters. The standard InChI is InChI=1S/C12H18F3N3O/c1-18(5-3-2-4-6-19)10-7-11(12(13,14)15)17-8-9(10)16/h7-8,19H,2-6,16H2,1H3. The van der Waals surface area contributed by atoms with E-state index in [2.05, 4.69) is 4.98 Å². The average Bonchev–Trinajstić information content (AvgIpc) is 2.33. The van der Waals surface area contributed by atoms with E-state index in [9.17, 15) is 13.2 Å². The number of halogens is 3. The first-order chi connectivity index (χ1) is 8.86. The number of aliphatic hydroxyl groups is 1. The molecule has 0 saturated heterocycles. The van der Waals surface area contributed by atoms with Crippen LogP contribution in [0.1, 0.15) is 25.0 Å². The van der Waals surface area contributed by atoms with Crippen molar-refractivity contribution in [1.82, 2.24) is 4.98 Å². The number of anilines is 2. The highest BCUT2D eigenvalue weighted by Crippen LogP contribution is 2.32. The Balaban J connectivity index is 2.75. The SMILES string of the molecule is CN(CCCCCO)c1cc(C(F)(F)F)ncc1N. The minimum absolute atomic E-state index is 0.124. The number of aliphatic hydroxyl groups excluding tert-OH is 1. The second-order valence-corrected chi connectivity index (χ2v) is 4.33. The first kappa shape index (κ1) is 15.6. The van der Waals surface area contributed by atoms with Crippen LogP contribution in [0.4, 0.5) is 24.5 Å². The van der Waals surface area contributed by atoms with E-state index in [0.29, 0.717) is 18.7 Å². The summed E-state index contributed by atoms with van der Waals surface area (Å²) in [4.78, 5) is 4.96. The van der Waals surface area contributed by atoms with Crippen molar-refractivity contribution in [2.45, 2.75) is 25.4 Å². The van der Waals surface area contributed by atoms with Gasteiger partial charge in [-0.2, -0.15) is 13.2 Å². The molecule has 0 aliphatic rings. The summed E-state index contributed by atoms with van der Waals surface area (Å²) in [5.41, 5.74) is 5.25. The zero-order chi connectivity index (χ0) is 14.5. The molecule has 7 heteroatoms. The highest BCUT2D eigenvalue weighted by atomic mass is 19.4. The highest BCUT2D eigenvalue weighted by Gasteiger charge is 2.33. The molecule has 19 heavy (non-hydrogen) atoms. The van der Waals surface area contributed by atoms with Gasteiger partial charge in [0.25, 0.3) is 0 Å². The number of nitrogen functional groups attached to an aromatic ring is 1. The molecule has 0 bridgehead atoms. The number of hydrogen-bond donors (Lipinski definition) is 2. The first-order valence-corrected chi connectivity index (χ1v) is 6.01. The second kappa shape index (κ2) is 6.60. The van der Waals surface area contributed by atoms with Crippen LogP contribution in [0.5, 0.6) is 0 Å². The summed E-state index contributed by atoms with van der Waals surface area (Å²) in [7, 11) is 1.69. The van der Waals surface area contributed by atoms with Crippen LogP contribution in [-0.4, -0.2) is 30.3 Å². The number of alkyl halides is 3. The Morgan fingerprint density at radius 2 is 2.00 bits per heavy atom. The van der Waals surface area contributed by atoms with Crippen LogP contribution in [0.25, 0.3) is 0 Å². The smallest absolute Gasteiger partial charge is 0.396 e. The molecule has 1 aromatic heterocycles. The van der Waals surface area contributed by atoms with Crippen LogP contribution in [0.2, 0.25) is 0 Å². The fourth-order valence-corrected chi connectivity index (χ4v) is 1.70. The molecule has 4 nitrogen and oxygen atoms in total. The van der Waals surface area contributed by atoms with Crippen LogP contribution in [0.3, 0.4) is 0 Å². The van der Waals surface area contributed by atoms with Gasteiger partial charge in [-0.25, -0.2) is 4.98 Å². The van der Waals surface area contributed by atoms with Crippen molar-refractivity contribution in [2.24, 2.45) is 0 Å². The zero-order valence-electron chi connectivity index (χ0n) is 10.7. The Hall–Kier alpha value is -1.50. The second-order valence-electron chi connectivity index (χ2n) is 4.33. The fraction of sp³-hybridized carbons (Fsp3) is 0.583. The van der Waals surface area contributed by atoms with E-state index >= 15 is 0 Å². The van der Waals surface area contributed by atoms with E-state index in [0.717, 1.165) is 25.1 Å². The number of hydrogen-bond acceptors (Lipinski definition) is 4. The molecule has 0 aliphatic carbocycles. The molecular weight excluding hydrogens is 259 g/mol. The summed E-state index contributed by atoms with van der Waals surface area (Å²) < 4.78 is 37.7. The van der Waals surface area contributed by atoms with Crippen molar-refractivity contribution < 1.29 is 18.3 Å². The third kappa shape index (κ3) is 4.59. The lowest BCUT2D eigenvalue weighted by Gasteiger charge is -2.21. The van der Waals surface area contributed by atoms with Gasteiger partial charge in [-0.15, -0.1) is 0 Å². The third-order valence-electron chi connectivity index (χ3n) is 2.77. The molecule has 0 amide bonds. The Morgan fingerprint density at radius 3 is 2.58 bits per heavy atom. The van der Waals surface area contributed by atoms with Crippen LogP contribution >= 0.6 is 0 Å². The van der Waals surface area contributed by atoms with Gasteiger partial charge in [0.15, 0.2) is 0 Å². The fourth-order valence-electron chi connectivity index (χ4n) is 1.70. The molecule has 1 rings (SSSR count). The lowest BCUT2D eigenvalue weighted by atomic mass is 10.2. The van der Waals surface area contributed by atoms with Gasteiger partial charge in [0, 0.05) is 20.2 Å². The molecule has 0 saturated carbocycles. The number of unbranched alkanes of at least 4 members (excludes halogenated alkanes) is 2. The molecule has 0 aliphatic heterocycles. The lowest BCUT2D eigenvalue weighted by Crippen LogP contribution is -2.21. The van der Waals surface area contributed by atoms with Crippen molar-refractivity contribution in [1.29, 1.82) is 0 Å². The highest BCUT2D eigenvalue weighted by molar-refractivity contribution is 5.66. The van der Waals surface area contributed by atoms with Crippen LogP contribution < -0.4 is 10.6 Å². The van der Waals surface area contributed by atoms with E-state index < -0.39 is 11.9 Å². The number of nitrogens with two attached hydrogens (primary N) is 1. The Kier molecular flexibility index (Phi) is 5.41. The van der Waals surface area contributed by atoms with Gasteiger partial charge in [0.1, 0.15) is 5.69 Å². The first-order valence-electron chi connectivity index (χ1n) is 6.01. The molecule has 0 unspecified atom stereocenters. The number of rotatable bonds is 6. The molecule has 3 N–H and O–H groups in total. The van der Waals surface area contributed by atoms with Gasteiger partial charge in [0.2, 0.25) is 0 Å². The Morgan fingerprint density at radius 1 is 1.32 bits per heavy atom. The van der Waals surface area contributed by atoms with Crippen molar-refractivity contribution in [3.63, 3.8) is 0 Å². The van der Waals surface area contributed by atoms with Gasteiger partial charge in [0.05, 0.1) is 17.6 Å². The number of nitrogens with zero attached hydrogens (tertiary/aromatic N) is 2. The largest absolute Gasteiger partial charge is 0.433 e. The summed E-state index contributed by atoms with van der Waals surface area (Å²) in [5.74, 6) is 0. The van der Waals surface area contributed by atoms with E-state index in [4.69, 9.17) is 10.8 Å². The van der Waals surface area contributed by atoms with E-state index in [1.165, 1.54) is 0 Å². The third-order valence-corrected chi connectivity index (χ3v) is 2.77. The van der Waals surface area contributed by atoms with Crippen molar-refractivity contribution >= 4 is 11.4 Å². The van der Waals surface area contributed by atoms with Crippen LogP contribution in [0.15, 0.2) is 12.3 Å². The predicted molar refractivity (Wildman–Crippen MR) is 67.9 cm³/mol. The summed E-state index contributed by atoms with van der Waals surface area (Å²) >= 11 is 0. The van der Waals surface area contributed by atoms with Crippen molar-refractivity contribution in [3.8, 4) is 0 Å². The minimum atomic E-state index is -4.47. The number of aromatic nitrogens is 1. The molecule has 0 spiro atoms. The van der Waals surface area contributed by atoms with Crippen LogP contribution in [-0.2, 0) is 6.18 Å². The van der Waals surface area contributed by atoms with E-state index in [1.807, 2.05) is 0 Å². The summed E-state index contributed by atoms with van der Waals surface area (Å²) in [6, 6.07) is 0.960. The molecule has 0 aromatic carbocycles. The van der Waals surface area contributed by atoms with Gasteiger partial charge in [-0.1, -0.05) is 0 Å². The summed E-state index contributed by atoms with van der Waals surface area (Å²) in [6.07, 6.45) is -1.16. The summed E-state index contributed by atoms with van der Waals surface area (Å²) in [5, 5.41) is 8.65. The molecule has 1 aromatic rings. The lowest BCUT2D eigenvalue weighted by molar-refractivity contribution is -0.141. The molecule has 0 radical (unpaired) electrons. The van der Waals surface area contributed by atoms with Crippen molar-refractivity contribution in [3.05, 3.63) is 18.0 Å². The number of pyridine rings is 1. The molecule has 1 heterocycles. The maximum Gasteiger partial charge on any atom is 0.433 e. The van der Waals surface area contributed by atoms with Gasteiger partial charge < -0.3 is 15.7 Å². The topological polar surface area (TPSA) is 62.4 Å². The Labute approximate surface area is 110 Å². The van der Waals surface area contributed by atoms with Gasteiger partial charge in [-0.05, 0) is 25.3 Å². The van der Waals surface area contributed by atoms with E-state index in [1.54, 1.807) is 11.9 Å². The minimum Gasteiger partial charge on any atom is -0.396 e. The zero-order valence-corrected chi connectivity index (χ0v) is 10.7. The monoisotopic (exact) mass is 277 g/mol. The molecular formula is C12H18F3N3O. The van der Waals surface area contributed by atoms with E-state index in [-0.39, 0.29) is 12.3 Å². The maximum absolute atomic E-state index is 12.6. The Bertz CT molecular complexity index is 410. The quantitative estimate of drug-likeness (QED) is 0.783. The van der Waals surface area contributed by atoms with Gasteiger partial charge in [-0.3, -0.25) is 0 Å². The predicted octanol–water partition coefficient (Wildman–Crippen LogP) is 2.28. The molecule has 108 valence electrons. The average molecular weight is 277 g/mol. The maximum atomic E-state index is 12.6.